The Balaban J connectivity index is 1.91. The minimum absolute atomic E-state index is 0.548. The molecule has 1 fully saturated rings. The molecular weight excluding hydrogens is 172 g/mol. The van der Waals surface area contributed by atoms with E-state index in [4.69, 9.17) is 6.42 Å². The van der Waals surface area contributed by atoms with E-state index in [1.165, 1.54) is 12.8 Å². The molecule has 0 amide bonds. The van der Waals surface area contributed by atoms with E-state index >= 15 is 0 Å². The van der Waals surface area contributed by atoms with E-state index in [0.29, 0.717) is 5.41 Å². The lowest BCUT2D eigenvalue weighted by atomic mass is 9.64. The summed E-state index contributed by atoms with van der Waals surface area (Å²) >= 11 is 0. The molecule has 0 radical (unpaired) electrons. The molecule has 0 saturated heterocycles. The first kappa shape index (κ1) is 9.33. The molecule has 1 aliphatic rings. The normalized spacial score (nSPS) is 20.1. The van der Waals surface area contributed by atoms with Gasteiger partial charge in [-0.25, -0.2) is 0 Å². The molecule has 0 unspecified atom stereocenters. The summed E-state index contributed by atoms with van der Waals surface area (Å²) in [5, 5.41) is 4.23. The summed E-state index contributed by atoms with van der Waals surface area (Å²) in [7, 11) is 0. The molecule has 1 aromatic heterocycles. The highest BCUT2D eigenvalue weighted by Crippen LogP contribution is 2.45. The SMILES string of the molecule is C#Cc1cnn(CC2CC(C)(C)C2)c1. The van der Waals surface area contributed by atoms with E-state index in [2.05, 4.69) is 24.9 Å². The van der Waals surface area contributed by atoms with E-state index in [9.17, 15) is 0 Å². The fourth-order valence-corrected chi connectivity index (χ4v) is 2.43. The first-order chi connectivity index (χ1) is 6.59. The summed E-state index contributed by atoms with van der Waals surface area (Å²) < 4.78 is 1.97. The van der Waals surface area contributed by atoms with Crippen molar-refractivity contribution in [2.45, 2.75) is 33.2 Å². The van der Waals surface area contributed by atoms with Crippen LogP contribution in [0.25, 0.3) is 0 Å². The van der Waals surface area contributed by atoms with Crippen LogP contribution in [0.15, 0.2) is 12.4 Å². The van der Waals surface area contributed by atoms with Crippen LogP contribution in [0.2, 0.25) is 0 Å². The number of terminal acetylenes is 1. The highest BCUT2D eigenvalue weighted by molar-refractivity contribution is 5.26. The standard InChI is InChI=1S/C12H16N2/c1-4-10-7-13-14(8-10)9-11-5-12(2,3)6-11/h1,7-8,11H,5-6,9H2,2-3H3. The van der Waals surface area contributed by atoms with Gasteiger partial charge in [0.2, 0.25) is 0 Å². The van der Waals surface area contributed by atoms with Crippen LogP contribution in [0.3, 0.4) is 0 Å². The number of nitrogens with zero attached hydrogens (tertiary/aromatic N) is 2. The molecular formula is C12H16N2. The third-order valence-electron chi connectivity index (χ3n) is 2.93. The molecule has 1 aliphatic carbocycles. The summed E-state index contributed by atoms with van der Waals surface area (Å²) in [4.78, 5) is 0. The van der Waals surface area contributed by atoms with E-state index in [0.717, 1.165) is 18.0 Å². The molecule has 74 valence electrons. The predicted molar refractivity (Wildman–Crippen MR) is 56.7 cm³/mol. The lowest BCUT2D eigenvalue weighted by Gasteiger charge is -2.42. The van der Waals surface area contributed by atoms with Crippen molar-refractivity contribution in [3.05, 3.63) is 18.0 Å². The maximum atomic E-state index is 5.28. The van der Waals surface area contributed by atoms with Crippen molar-refractivity contribution < 1.29 is 0 Å². The minimum atomic E-state index is 0.548. The molecule has 14 heavy (non-hydrogen) atoms. The van der Waals surface area contributed by atoms with Crippen LogP contribution < -0.4 is 0 Å². The highest BCUT2D eigenvalue weighted by atomic mass is 15.3. The smallest absolute Gasteiger partial charge is 0.0646 e. The lowest BCUT2D eigenvalue weighted by molar-refractivity contribution is 0.0800. The molecule has 0 bridgehead atoms. The highest BCUT2D eigenvalue weighted by Gasteiger charge is 2.35. The van der Waals surface area contributed by atoms with Gasteiger partial charge in [-0.3, -0.25) is 4.68 Å². The van der Waals surface area contributed by atoms with Gasteiger partial charge < -0.3 is 0 Å². The van der Waals surface area contributed by atoms with Gasteiger partial charge in [0.25, 0.3) is 0 Å². The Kier molecular flexibility index (Phi) is 2.11. The Morgan fingerprint density at radius 3 is 2.86 bits per heavy atom. The van der Waals surface area contributed by atoms with Crippen molar-refractivity contribution in [2.24, 2.45) is 11.3 Å². The summed E-state index contributed by atoms with van der Waals surface area (Å²) in [5.74, 6) is 3.38. The molecule has 0 spiro atoms. The lowest BCUT2D eigenvalue weighted by Crippen LogP contribution is -2.34. The summed E-state index contributed by atoms with van der Waals surface area (Å²) in [6.45, 7) is 5.66. The third-order valence-corrected chi connectivity index (χ3v) is 2.93. The topological polar surface area (TPSA) is 17.8 Å². The first-order valence-corrected chi connectivity index (χ1v) is 5.08. The predicted octanol–water partition coefficient (Wildman–Crippen LogP) is 2.30. The van der Waals surface area contributed by atoms with Crippen molar-refractivity contribution in [1.82, 2.24) is 9.78 Å². The van der Waals surface area contributed by atoms with Gasteiger partial charge >= 0.3 is 0 Å². The van der Waals surface area contributed by atoms with Crippen molar-refractivity contribution >= 4 is 0 Å². The van der Waals surface area contributed by atoms with E-state index in [-0.39, 0.29) is 0 Å². The zero-order valence-electron chi connectivity index (χ0n) is 8.83. The molecule has 1 heterocycles. The van der Waals surface area contributed by atoms with Gasteiger partial charge in [0.15, 0.2) is 0 Å². The zero-order valence-corrected chi connectivity index (χ0v) is 8.83. The monoisotopic (exact) mass is 188 g/mol. The van der Waals surface area contributed by atoms with Crippen LogP contribution in [0.1, 0.15) is 32.3 Å². The van der Waals surface area contributed by atoms with Gasteiger partial charge in [0.1, 0.15) is 0 Å². The molecule has 2 nitrogen and oxygen atoms in total. The van der Waals surface area contributed by atoms with Crippen LogP contribution in [-0.4, -0.2) is 9.78 Å². The van der Waals surface area contributed by atoms with Gasteiger partial charge in [-0.1, -0.05) is 19.8 Å². The van der Waals surface area contributed by atoms with Crippen molar-refractivity contribution in [1.29, 1.82) is 0 Å². The first-order valence-electron chi connectivity index (χ1n) is 5.08. The Bertz CT molecular complexity index is 360. The van der Waals surface area contributed by atoms with Gasteiger partial charge in [-0.15, -0.1) is 6.42 Å². The quantitative estimate of drug-likeness (QED) is 0.651. The molecule has 0 aromatic carbocycles. The Labute approximate surface area is 85.3 Å². The second-order valence-electron chi connectivity index (χ2n) is 5.03. The zero-order chi connectivity index (χ0) is 10.2. The maximum Gasteiger partial charge on any atom is 0.0646 e. The second-order valence-corrected chi connectivity index (χ2v) is 5.03. The molecule has 1 aromatic rings. The van der Waals surface area contributed by atoms with E-state index in [1.54, 1.807) is 6.20 Å². The Morgan fingerprint density at radius 2 is 2.36 bits per heavy atom. The largest absolute Gasteiger partial charge is 0.271 e. The summed E-state index contributed by atoms with van der Waals surface area (Å²) in [6, 6.07) is 0. The molecule has 2 heteroatoms. The number of aromatic nitrogens is 2. The van der Waals surface area contributed by atoms with Crippen molar-refractivity contribution in [2.75, 3.05) is 0 Å². The number of hydrogen-bond donors (Lipinski definition) is 0. The number of rotatable bonds is 2. The van der Waals surface area contributed by atoms with Crippen LogP contribution in [0, 0.1) is 23.7 Å². The number of hydrogen-bond acceptors (Lipinski definition) is 1. The fraction of sp³-hybridized carbons (Fsp3) is 0.583. The van der Waals surface area contributed by atoms with Crippen molar-refractivity contribution in [3.63, 3.8) is 0 Å². The van der Waals surface area contributed by atoms with Crippen LogP contribution in [0.5, 0.6) is 0 Å². The molecule has 2 rings (SSSR count). The van der Waals surface area contributed by atoms with Crippen LogP contribution in [-0.2, 0) is 6.54 Å². The van der Waals surface area contributed by atoms with E-state index < -0.39 is 0 Å². The average Bonchev–Trinajstić information content (AvgIpc) is 2.49. The van der Waals surface area contributed by atoms with Crippen molar-refractivity contribution in [3.8, 4) is 12.3 Å². The second kappa shape index (κ2) is 3.16. The summed E-state index contributed by atoms with van der Waals surface area (Å²) in [5.41, 5.74) is 1.43. The average molecular weight is 188 g/mol. The summed E-state index contributed by atoms with van der Waals surface area (Å²) in [6.07, 6.45) is 11.6. The van der Waals surface area contributed by atoms with Gasteiger partial charge in [0.05, 0.1) is 11.8 Å². The Hall–Kier alpha value is -1.23. The molecule has 0 atom stereocenters. The molecule has 1 saturated carbocycles. The van der Waals surface area contributed by atoms with E-state index in [1.807, 2.05) is 10.9 Å². The molecule has 0 N–H and O–H groups in total. The minimum Gasteiger partial charge on any atom is -0.271 e. The Morgan fingerprint density at radius 1 is 1.64 bits per heavy atom. The maximum absolute atomic E-state index is 5.28. The fourth-order valence-electron chi connectivity index (χ4n) is 2.43. The van der Waals surface area contributed by atoms with Gasteiger partial charge in [-0.05, 0) is 24.2 Å². The van der Waals surface area contributed by atoms with Crippen LogP contribution >= 0.6 is 0 Å². The van der Waals surface area contributed by atoms with Crippen LogP contribution in [0.4, 0.5) is 0 Å². The molecule has 0 aliphatic heterocycles. The van der Waals surface area contributed by atoms with Gasteiger partial charge in [0, 0.05) is 12.7 Å². The van der Waals surface area contributed by atoms with Gasteiger partial charge in [-0.2, -0.15) is 5.10 Å². The third kappa shape index (κ3) is 1.82.